The minimum atomic E-state index is -0.837. The fourth-order valence-electron chi connectivity index (χ4n) is 5.77. The molecule has 1 radical (unpaired) electrons. The Labute approximate surface area is 236 Å². The van der Waals surface area contributed by atoms with Crippen LogP contribution in [0.25, 0.3) is 0 Å². The number of fused-ring (bicyclic) bond motifs is 1. The third-order valence-electron chi connectivity index (χ3n) is 8.23. The number of unbranched alkanes of at least 4 members (excludes halogenated alkanes) is 1. The van der Waals surface area contributed by atoms with Gasteiger partial charge in [-0.2, -0.15) is 0 Å². The first kappa shape index (κ1) is 29.2. The van der Waals surface area contributed by atoms with Crippen LogP contribution in [0, 0.1) is 0 Å². The number of nitrogens with zero attached hydrogens (tertiary/aromatic N) is 3. The lowest BCUT2D eigenvalue weighted by Gasteiger charge is -2.36. The predicted molar refractivity (Wildman–Crippen MR) is 162 cm³/mol. The van der Waals surface area contributed by atoms with Crippen LogP contribution in [0.2, 0.25) is 12.1 Å². The van der Waals surface area contributed by atoms with Gasteiger partial charge in [0.15, 0.2) is 5.78 Å². The first-order chi connectivity index (χ1) is 18.9. The summed E-state index contributed by atoms with van der Waals surface area (Å²) in [6.45, 7) is 11.4. The second-order valence-corrected chi connectivity index (χ2v) is 13.7. The summed E-state index contributed by atoms with van der Waals surface area (Å²) in [5.41, 5.74) is 3.10. The molecule has 0 saturated carbocycles. The molecular formula is C32H44N3O3Si. The zero-order valence-corrected chi connectivity index (χ0v) is 25.1. The van der Waals surface area contributed by atoms with Gasteiger partial charge in [0.05, 0.1) is 5.41 Å². The molecule has 39 heavy (non-hydrogen) atoms. The number of hydrogen-bond acceptors (Lipinski definition) is 5. The molecule has 4 rings (SSSR count). The predicted octanol–water partition coefficient (Wildman–Crippen LogP) is 5.46. The molecule has 2 aromatic rings. The molecule has 1 amide bonds. The van der Waals surface area contributed by atoms with Gasteiger partial charge in [-0.05, 0) is 55.6 Å². The zero-order valence-electron chi connectivity index (χ0n) is 24.1. The highest BCUT2D eigenvalue weighted by Crippen LogP contribution is 2.43. The second kappa shape index (κ2) is 13.6. The van der Waals surface area contributed by atoms with E-state index in [1.165, 1.54) is 5.69 Å². The Balaban J connectivity index is 1.44. The van der Waals surface area contributed by atoms with Crippen LogP contribution in [0.1, 0.15) is 45.6 Å². The van der Waals surface area contributed by atoms with Crippen LogP contribution >= 0.6 is 0 Å². The molecule has 209 valence electrons. The summed E-state index contributed by atoms with van der Waals surface area (Å²) in [6, 6.07) is 20.6. The van der Waals surface area contributed by atoms with E-state index in [0.29, 0.717) is 6.54 Å². The van der Waals surface area contributed by atoms with Gasteiger partial charge in [0.2, 0.25) is 14.9 Å². The van der Waals surface area contributed by atoms with E-state index >= 15 is 0 Å². The average molecular weight is 547 g/mol. The van der Waals surface area contributed by atoms with Gasteiger partial charge in [-0.1, -0.05) is 56.3 Å². The third kappa shape index (κ3) is 6.89. The van der Waals surface area contributed by atoms with Crippen LogP contribution in [0.3, 0.4) is 0 Å². The Morgan fingerprint density at radius 3 is 2.36 bits per heavy atom. The summed E-state index contributed by atoms with van der Waals surface area (Å²) >= 11 is 0. The van der Waals surface area contributed by atoms with E-state index < -0.39 is 14.5 Å². The SMILES string of the molecule is CC[Si](CC)OCCC/C=C(/CN1CCN(c2ccccc2)CC1)C(=O)CC1(C)C(=O)N(C)c2ccccc21. The van der Waals surface area contributed by atoms with Crippen LogP contribution in [0.4, 0.5) is 11.4 Å². The lowest BCUT2D eigenvalue weighted by molar-refractivity contribution is -0.126. The Kier molecular flexibility index (Phi) is 10.2. The molecule has 2 heterocycles. The van der Waals surface area contributed by atoms with Gasteiger partial charge in [-0.15, -0.1) is 0 Å². The molecule has 1 saturated heterocycles. The lowest BCUT2D eigenvalue weighted by Crippen LogP contribution is -2.47. The maximum Gasteiger partial charge on any atom is 0.237 e. The summed E-state index contributed by atoms with van der Waals surface area (Å²) < 4.78 is 6.10. The molecule has 2 aliphatic heterocycles. The van der Waals surface area contributed by atoms with Crippen molar-refractivity contribution in [3.63, 3.8) is 0 Å². The van der Waals surface area contributed by atoms with E-state index in [9.17, 15) is 9.59 Å². The second-order valence-electron chi connectivity index (χ2n) is 10.9. The molecule has 0 aromatic heterocycles. The van der Waals surface area contributed by atoms with E-state index in [1.54, 1.807) is 4.90 Å². The van der Waals surface area contributed by atoms with Crippen LogP contribution in [-0.4, -0.2) is 72.0 Å². The molecule has 1 unspecified atom stereocenters. The Bertz CT molecular complexity index is 1140. The van der Waals surface area contributed by atoms with Crippen molar-refractivity contribution < 1.29 is 14.0 Å². The Hall–Kier alpha value is -2.74. The quantitative estimate of drug-likeness (QED) is 0.190. The molecular weight excluding hydrogens is 502 g/mol. The van der Waals surface area contributed by atoms with E-state index in [2.05, 4.69) is 54.0 Å². The van der Waals surface area contributed by atoms with Crippen molar-refractivity contribution in [3.8, 4) is 0 Å². The highest BCUT2D eigenvalue weighted by molar-refractivity contribution is 6.51. The largest absolute Gasteiger partial charge is 0.417 e. The number of carbonyl (C=O) groups excluding carboxylic acids is 2. The first-order valence-corrected chi connectivity index (χ1v) is 16.3. The van der Waals surface area contributed by atoms with Gasteiger partial charge in [0.25, 0.3) is 0 Å². The molecule has 2 aromatic carbocycles. The maximum absolute atomic E-state index is 13.9. The zero-order chi connectivity index (χ0) is 27.8. The number of para-hydroxylation sites is 2. The molecule has 2 aliphatic rings. The number of anilines is 2. The minimum Gasteiger partial charge on any atom is -0.417 e. The van der Waals surface area contributed by atoms with Crippen molar-refractivity contribution in [2.75, 3.05) is 56.2 Å². The highest BCUT2D eigenvalue weighted by atomic mass is 28.3. The molecule has 7 heteroatoms. The number of Topliss-reactive ketones (excluding diaryl/α,β-unsaturated/α-hetero) is 1. The van der Waals surface area contributed by atoms with Crippen molar-refractivity contribution in [3.05, 3.63) is 71.8 Å². The summed E-state index contributed by atoms with van der Waals surface area (Å²) in [4.78, 5) is 33.7. The normalized spacial score (nSPS) is 20.1. The number of rotatable bonds is 13. The van der Waals surface area contributed by atoms with E-state index in [4.69, 9.17) is 4.43 Å². The van der Waals surface area contributed by atoms with Crippen LogP contribution in [-0.2, 0) is 19.4 Å². The third-order valence-corrected chi connectivity index (χ3v) is 10.4. The molecule has 0 bridgehead atoms. The van der Waals surface area contributed by atoms with Crippen molar-refractivity contribution in [2.45, 2.75) is 57.5 Å². The van der Waals surface area contributed by atoms with Gasteiger partial charge < -0.3 is 14.2 Å². The fraction of sp³-hybridized carbons (Fsp3) is 0.500. The number of likely N-dealkylation sites (N-methyl/N-ethyl adjacent to an activating group) is 1. The molecule has 0 N–H and O–H groups in total. The Morgan fingerprint density at radius 1 is 1.00 bits per heavy atom. The van der Waals surface area contributed by atoms with Gasteiger partial charge in [-0.3, -0.25) is 14.5 Å². The molecule has 1 atom stereocenters. The van der Waals surface area contributed by atoms with E-state index in [-0.39, 0.29) is 18.1 Å². The average Bonchev–Trinajstić information content (AvgIpc) is 3.16. The number of piperazine rings is 1. The van der Waals surface area contributed by atoms with Gasteiger partial charge in [0, 0.05) is 69.7 Å². The summed E-state index contributed by atoms with van der Waals surface area (Å²) in [7, 11) is 1.11. The summed E-state index contributed by atoms with van der Waals surface area (Å²) in [5.74, 6) is 0.0734. The summed E-state index contributed by atoms with van der Waals surface area (Å²) in [6.07, 6.45) is 4.04. The highest BCUT2D eigenvalue weighted by Gasteiger charge is 2.47. The minimum absolute atomic E-state index is 0.00455. The van der Waals surface area contributed by atoms with Crippen LogP contribution in [0.5, 0.6) is 0 Å². The van der Waals surface area contributed by atoms with Crippen molar-refractivity contribution in [2.24, 2.45) is 0 Å². The molecule has 1 fully saturated rings. The smallest absolute Gasteiger partial charge is 0.237 e. The summed E-state index contributed by atoms with van der Waals surface area (Å²) in [5, 5.41) is 0. The number of carbonyl (C=O) groups is 2. The lowest BCUT2D eigenvalue weighted by atomic mass is 9.78. The van der Waals surface area contributed by atoms with Gasteiger partial charge in [0.1, 0.15) is 0 Å². The fourth-order valence-corrected chi connectivity index (χ4v) is 7.11. The van der Waals surface area contributed by atoms with Crippen molar-refractivity contribution >= 4 is 32.1 Å². The first-order valence-electron chi connectivity index (χ1n) is 14.5. The van der Waals surface area contributed by atoms with Crippen LogP contribution in [0.15, 0.2) is 66.2 Å². The number of ketones is 1. The van der Waals surface area contributed by atoms with Gasteiger partial charge >= 0.3 is 0 Å². The number of benzene rings is 2. The van der Waals surface area contributed by atoms with Crippen molar-refractivity contribution in [1.29, 1.82) is 0 Å². The number of hydrogen-bond donors (Lipinski definition) is 0. The number of amides is 1. The van der Waals surface area contributed by atoms with Crippen molar-refractivity contribution in [1.82, 2.24) is 4.90 Å². The monoisotopic (exact) mass is 546 g/mol. The van der Waals surface area contributed by atoms with E-state index in [1.807, 2.05) is 44.3 Å². The maximum atomic E-state index is 13.9. The molecule has 0 aliphatic carbocycles. The van der Waals surface area contributed by atoms with Crippen LogP contribution < -0.4 is 9.80 Å². The number of allylic oxidation sites excluding steroid dienone is 1. The molecule has 6 nitrogen and oxygen atoms in total. The standard InChI is InChI=1S/C32H44N3O3Si/c1-5-39(6-2)38-23-13-12-14-26(25-34-19-21-35(22-20-34)27-15-8-7-9-16-27)30(36)24-32(3)28-17-10-11-18-29(28)33(4)31(32)37/h7-11,14-18H,5-6,12-13,19-25H2,1-4H3/b26-14-. The topological polar surface area (TPSA) is 53.1 Å². The van der Waals surface area contributed by atoms with Gasteiger partial charge in [-0.25, -0.2) is 0 Å². The molecule has 0 spiro atoms. The Morgan fingerprint density at radius 2 is 1.67 bits per heavy atom. The van der Waals surface area contributed by atoms with E-state index in [0.717, 1.165) is 74.5 Å².